The van der Waals surface area contributed by atoms with Crippen molar-refractivity contribution < 1.29 is 37.4 Å². The Morgan fingerprint density at radius 1 is 1.07 bits per heavy atom. The van der Waals surface area contributed by atoms with E-state index in [1.807, 2.05) is 33.9 Å². The smallest absolute Gasteiger partial charge is 0.413 e. The first kappa shape index (κ1) is 39.8. The average molecular weight is 674 g/mol. The molecule has 0 spiro atoms. The number of ether oxygens (including phenoxy) is 2. The van der Waals surface area contributed by atoms with E-state index in [9.17, 15) is 19.5 Å². The van der Waals surface area contributed by atoms with E-state index in [0.717, 1.165) is 31.9 Å². The number of unbranched alkanes of at least 4 members (excludes halogenated alkanes) is 8. The van der Waals surface area contributed by atoms with E-state index in [1.54, 1.807) is 20.8 Å². The van der Waals surface area contributed by atoms with E-state index >= 15 is 8.78 Å². The second-order valence-corrected chi connectivity index (χ2v) is 19.8. The van der Waals surface area contributed by atoms with Crippen LogP contribution in [-0.2, 0) is 18.7 Å². The van der Waals surface area contributed by atoms with Crippen LogP contribution < -0.4 is 11.0 Å². The van der Waals surface area contributed by atoms with Gasteiger partial charge in [0.2, 0.25) is 6.23 Å². The Hall–Kier alpha value is -2.38. The summed E-state index contributed by atoms with van der Waals surface area (Å²) in [5, 5.41) is 12.3. The van der Waals surface area contributed by atoms with Gasteiger partial charge in [-0.15, -0.1) is 0 Å². The van der Waals surface area contributed by atoms with Crippen LogP contribution in [0.1, 0.15) is 119 Å². The number of alkyl halides is 2. The molecule has 2 unspecified atom stereocenters. The molecule has 0 aromatic carbocycles. The van der Waals surface area contributed by atoms with Gasteiger partial charge in [-0.25, -0.2) is 18.4 Å². The molecule has 0 aliphatic carbocycles. The Labute approximate surface area is 274 Å². The molecule has 46 heavy (non-hydrogen) atoms. The predicted octanol–water partition coefficient (Wildman–Crippen LogP) is 8.38. The van der Waals surface area contributed by atoms with Crippen molar-refractivity contribution >= 4 is 26.2 Å². The summed E-state index contributed by atoms with van der Waals surface area (Å²) in [6, 6.07) is 1.19. The van der Waals surface area contributed by atoms with Gasteiger partial charge in [-0.3, -0.25) is 14.7 Å². The summed E-state index contributed by atoms with van der Waals surface area (Å²) < 4.78 is 50.8. The van der Waals surface area contributed by atoms with Gasteiger partial charge in [-0.2, -0.15) is 4.98 Å². The normalized spacial score (nSPS) is 20.8. The molecule has 2 rings (SSSR count). The molecular formula is C33H57F2N3O7Si. The van der Waals surface area contributed by atoms with Crippen molar-refractivity contribution in [3.05, 3.63) is 22.7 Å². The topological polar surface area (TPSA) is 129 Å². The lowest BCUT2D eigenvalue weighted by molar-refractivity contribution is -0.156. The number of aromatic nitrogens is 2. The number of rotatable bonds is 17. The van der Waals surface area contributed by atoms with Gasteiger partial charge in [-0.1, -0.05) is 85.5 Å². The SMILES string of the molecule is CCCCCCCCCCCC(C(=O)O)[C@@H]1C(CO[Si](C)(C)C(C)(C)C)O[C@@H](n2ccc(NC(=O)OC(C)(C)C)nc2=O)C1(F)F. The van der Waals surface area contributed by atoms with Gasteiger partial charge in [0.25, 0.3) is 5.92 Å². The van der Waals surface area contributed by atoms with Crippen molar-refractivity contribution in [2.24, 2.45) is 11.8 Å². The highest BCUT2D eigenvalue weighted by Gasteiger charge is 2.63. The summed E-state index contributed by atoms with van der Waals surface area (Å²) >= 11 is 0. The zero-order chi connectivity index (χ0) is 34.9. The van der Waals surface area contributed by atoms with Crippen molar-refractivity contribution in [1.29, 1.82) is 0 Å². The van der Waals surface area contributed by atoms with Gasteiger partial charge in [0, 0.05) is 6.20 Å². The molecule has 1 aromatic rings. The Bertz CT molecular complexity index is 1200. The monoisotopic (exact) mass is 673 g/mol. The number of carboxylic acid groups (broad SMARTS) is 1. The number of carbonyl (C=O) groups excluding carboxylic acids is 1. The molecule has 0 bridgehead atoms. The number of amides is 1. The Morgan fingerprint density at radius 2 is 1.63 bits per heavy atom. The molecule has 1 aliphatic rings. The number of anilines is 1. The van der Waals surface area contributed by atoms with Gasteiger partial charge >= 0.3 is 17.8 Å². The molecule has 2 heterocycles. The molecule has 1 amide bonds. The van der Waals surface area contributed by atoms with Gasteiger partial charge in [0.1, 0.15) is 11.4 Å². The summed E-state index contributed by atoms with van der Waals surface area (Å²) in [6.45, 7) is 17.0. The highest BCUT2D eigenvalue weighted by molar-refractivity contribution is 6.74. The van der Waals surface area contributed by atoms with E-state index in [0.29, 0.717) is 11.0 Å². The van der Waals surface area contributed by atoms with Crippen LogP contribution in [0.15, 0.2) is 17.1 Å². The molecule has 4 atom stereocenters. The zero-order valence-electron chi connectivity index (χ0n) is 29.3. The predicted molar refractivity (Wildman–Crippen MR) is 177 cm³/mol. The molecule has 264 valence electrons. The standard InChI is InChI=1S/C33H57F2N3O7Si/c1-10-11-12-13-14-15-16-17-18-19-23(27(39)40)26-24(22-43-46(8,9)32(5,6)7)44-28(33(26,34)35)38-21-20-25(36-29(38)41)37-30(42)45-31(2,3)4/h20-21,23-24,26,28H,10-19,22H2,1-9H3,(H,39,40)(H,36,37,41,42)/t23?,24?,26-,28-/m1/s1. The average Bonchev–Trinajstić information content (AvgIpc) is 3.16. The fourth-order valence-corrected chi connectivity index (χ4v) is 6.40. The summed E-state index contributed by atoms with van der Waals surface area (Å²) in [4.78, 5) is 41.4. The van der Waals surface area contributed by atoms with E-state index < -0.39 is 61.8 Å². The summed E-state index contributed by atoms with van der Waals surface area (Å²) in [7, 11) is -2.42. The third-order valence-corrected chi connectivity index (χ3v) is 13.5. The number of nitrogens with zero attached hydrogens (tertiary/aromatic N) is 2. The first-order chi connectivity index (χ1) is 21.2. The molecule has 1 aromatic heterocycles. The fourth-order valence-electron chi connectivity index (χ4n) is 5.38. The van der Waals surface area contributed by atoms with Crippen LogP contribution in [0.4, 0.5) is 19.4 Å². The second-order valence-electron chi connectivity index (χ2n) is 15.0. The molecule has 13 heteroatoms. The highest BCUT2D eigenvalue weighted by atomic mass is 28.4. The molecule has 10 nitrogen and oxygen atoms in total. The third kappa shape index (κ3) is 11.4. The molecule has 1 fully saturated rings. The maximum atomic E-state index is 16.4. The minimum atomic E-state index is -3.74. The molecule has 0 saturated carbocycles. The van der Waals surface area contributed by atoms with Gasteiger partial charge in [-0.05, 0) is 51.4 Å². The van der Waals surface area contributed by atoms with Crippen molar-refractivity contribution in [3.63, 3.8) is 0 Å². The van der Waals surface area contributed by atoms with E-state index in [4.69, 9.17) is 13.9 Å². The molecule has 0 radical (unpaired) electrons. The van der Waals surface area contributed by atoms with Gasteiger partial charge in [0.05, 0.1) is 24.5 Å². The first-order valence-electron chi connectivity index (χ1n) is 16.7. The summed E-state index contributed by atoms with van der Waals surface area (Å²) in [5.41, 5.74) is -1.89. The number of hydrogen-bond donors (Lipinski definition) is 2. The molecular weight excluding hydrogens is 616 g/mol. The minimum absolute atomic E-state index is 0.0595. The largest absolute Gasteiger partial charge is 0.481 e. The number of carboxylic acids is 1. The first-order valence-corrected chi connectivity index (χ1v) is 19.6. The van der Waals surface area contributed by atoms with E-state index in [1.165, 1.54) is 31.7 Å². The van der Waals surface area contributed by atoms with Crippen LogP contribution in [0.5, 0.6) is 0 Å². The van der Waals surface area contributed by atoms with Crippen LogP contribution in [0.3, 0.4) is 0 Å². The number of hydrogen-bond acceptors (Lipinski definition) is 7. The third-order valence-electron chi connectivity index (χ3n) is 8.97. The number of nitrogens with one attached hydrogen (secondary N) is 1. The maximum Gasteiger partial charge on any atom is 0.413 e. The number of halogens is 2. The van der Waals surface area contributed by atoms with Gasteiger partial charge < -0.3 is 19.0 Å². The van der Waals surface area contributed by atoms with Crippen LogP contribution in [-0.4, -0.2) is 59.3 Å². The van der Waals surface area contributed by atoms with Crippen LogP contribution in [0.25, 0.3) is 0 Å². The lowest BCUT2D eigenvalue weighted by Gasteiger charge is -2.37. The molecule has 2 N–H and O–H groups in total. The van der Waals surface area contributed by atoms with Crippen molar-refractivity contribution in [2.75, 3.05) is 11.9 Å². The lowest BCUT2D eigenvalue weighted by atomic mass is 9.80. The quantitative estimate of drug-likeness (QED) is 0.125. The second kappa shape index (κ2) is 16.6. The van der Waals surface area contributed by atoms with Crippen LogP contribution >= 0.6 is 0 Å². The summed E-state index contributed by atoms with van der Waals surface area (Å²) in [5.74, 6) is -8.39. The zero-order valence-corrected chi connectivity index (χ0v) is 30.3. The van der Waals surface area contributed by atoms with Crippen molar-refractivity contribution in [2.45, 2.75) is 155 Å². The van der Waals surface area contributed by atoms with E-state index in [2.05, 4.69) is 17.2 Å². The highest BCUT2D eigenvalue weighted by Crippen LogP contribution is 2.51. The Kier molecular flexibility index (Phi) is 14.4. The molecule has 1 saturated heterocycles. The number of carbonyl (C=O) groups is 2. The van der Waals surface area contributed by atoms with Crippen LogP contribution in [0.2, 0.25) is 18.1 Å². The number of aliphatic carboxylic acids is 1. The van der Waals surface area contributed by atoms with Crippen molar-refractivity contribution in [3.8, 4) is 0 Å². The molecule has 1 aliphatic heterocycles. The van der Waals surface area contributed by atoms with Crippen molar-refractivity contribution in [1.82, 2.24) is 9.55 Å². The Morgan fingerprint density at radius 3 is 2.13 bits per heavy atom. The minimum Gasteiger partial charge on any atom is -0.481 e. The Balaban J connectivity index is 2.30. The van der Waals surface area contributed by atoms with E-state index in [-0.39, 0.29) is 23.9 Å². The van der Waals surface area contributed by atoms with Gasteiger partial charge in [0.15, 0.2) is 8.32 Å². The summed E-state index contributed by atoms with van der Waals surface area (Å²) in [6.07, 6.45) is 5.95. The lowest BCUT2D eigenvalue weighted by Crippen LogP contribution is -2.47. The fraction of sp³-hybridized carbons (Fsp3) is 0.818. The van der Waals surface area contributed by atoms with Crippen LogP contribution in [0, 0.1) is 11.8 Å². The maximum absolute atomic E-state index is 16.4.